The Labute approximate surface area is 196 Å². The summed E-state index contributed by atoms with van der Waals surface area (Å²) in [5, 5.41) is 6.04. The first kappa shape index (κ1) is 22.4. The highest BCUT2D eigenvalue weighted by molar-refractivity contribution is 6.42. The lowest BCUT2D eigenvalue weighted by Gasteiger charge is -2.27. The fourth-order valence-corrected chi connectivity index (χ4v) is 4.46. The molecule has 0 saturated carbocycles. The molecule has 166 valence electrons. The number of carbonyl (C=O) groups is 2. The molecule has 3 aromatic carbocycles. The van der Waals surface area contributed by atoms with E-state index in [0.29, 0.717) is 41.7 Å². The maximum Gasteiger partial charge on any atom is 0.332 e. The zero-order chi connectivity index (χ0) is 22.7. The Morgan fingerprint density at radius 1 is 0.969 bits per heavy atom. The Kier molecular flexibility index (Phi) is 6.58. The molecule has 32 heavy (non-hydrogen) atoms. The lowest BCUT2D eigenvalue weighted by molar-refractivity contribution is -0.150. The van der Waals surface area contributed by atoms with Gasteiger partial charge in [-0.15, -0.1) is 0 Å². The molecule has 7 heteroatoms. The second-order valence-corrected chi connectivity index (χ2v) is 8.79. The average Bonchev–Trinajstić information content (AvgIpc) is 3.14. The second-order valence-electron chi connectivity index (χ2n) is 7.97. The predicted molar refractivity (Wildman–Crippen MR) is 125 cm³/mol. The van der Waals surface area contributed by atoms with Gasteiger partial charge in [-0.05, 0) is 40.5 Å². The molecular formula is C25H23Cl2NO4. The van der Waals surface area contributed by atoms with Crippen LogP contribution in [-0.2, 0) is 27.2 Å². The highest BCUT2D eigenvalue weighted by Gasteiger charge is 2.46. The third-order valence-electron chi connectivity index (χ3n) is 5.72. The van der Waals surface area contributed by atoms with Crippen molar-refractivity contribution in [3.8, 4) is 5.75 Å². The monoisotopic (exact) mass is 471 g/mol. The third kappa shape index (κ3) is 4.69. The molecule has 0 bridgehead atoms. The molecule has 0 fully saturated rings. The molecule has 0 aliphatic heterocycles. The smallest absolute Gasteiger partial charge is 0.332 e. The van der Waals surface area contributed by atoms with Crippen molar-refractivity contribution in [1.82, 2.24) is 5.32 Å². The summed E-state index contributed by atoms with van der Waals surface area (Å²) in [5.74, 6) is -0.0622. The first-order valence-electron chi connectivity index (χ1n) is 10.4. The van der Waals surface area contributed by atoms with E-state index in [4.69, 9.17) is 32.7 Å². The van der Waals surface area contributed by atoms with Crippen LogP contribution in [0.5, 0.6) is 5.75 Å². The summed E-state index contributed by atoms with van der Waals surface area (Å²) >= 11 is 11.9. The first-order valence-corrected chi connectivity index (χ1v) is 11.1. The zero-order valence-corrected chi connectivity index (χ0v) is 19.1. The van der Waals surface area contributed by atoms with E-state index in [1.165, 1.54) is 7.11 Å². The molecule has 3 aromatic rings. The SMILES string of the molecule is COC(=O)C1(NC(=O)CCCOc2ccc(Cl)c(Cl)c2)Cc2cc3ccccc3cc2C1. The van der Waals surface area contributed by atoms with Gasteiger partial charge in [0.05, 0.1) is 23.8 Å². The number of halogens is 2. The third-order valence-corrected chi connectivity index (χ3v) is 6.45. The number of esters is 1. The van der Waals surface area contributed by atoms with E-state index < -0.39 is 11.5 Å². The van der Waals surface area contributed by atoms with E-state index in [1.54, 1.807) is 18.2 Å². The number of ether oxygens (including phenoxy) is 2. The van der Waals surface area contributed by atoms with E-state index in [9.17, 15) is 9.59 Å². The number of rotatable bonds is 7. The number of nitrogens with one attached hydrogen (secondary N) is 1. The molecule has 0 aromatic heterocycles. The lowest BCUT2D eigenvalue weighted by atomic mass is 9.95. The predicted octanol–water partition coefficient (Wildman–Crippen LogP) is 5.13. The Morgan fingerprint density at radius 3 is 2.22 bits per heavy atom. The molecule has 5 nitrogen and oxygen atoms in total. The van der Waals surface area contributed by atoms with Crippen LogP contribution in [0.4, 0.5) is 0 Å². The van der Waals surface area contributed by atoms with Crippen molar-refractivity contribution in [1.29, 1.82) is 0 Å². The van der Waals surface area contributed by atoms with Gasteiger partial charge < -0.3 is 14.8 Å². The fourth-order valence-electron chi connectivity index (χ4n) is 4.17. The number of fused-ring (bicyclic) bond motifs is 2. The topological polar surface area (TPSA) is 64.6 Å². The van der Waals surface area contributed by atoms with Crippen LogP contribution in [0.15, 0.2) is 54.6 Å². The first-order chi connectivity index (χ1) is 15.4. The maximum atomic E-state index is 12.7. The summed E-state index contributed by atoms with van der Waals surface area (Å²) in [4.78, 5) is 25.4. The molecular weight excluding hydrogens is 449 g/mol. The second kappa shape index (κ2) is 9.39. The van der Waals surface area contributed by atoms with Crippen molar-refractivity contribution in [3.63, 3.8) is 0 Å². The normalized spacial score (nSPS) is 14.1. The minimum atomic E-state index is -1.09. The highest BCUT2D eigenvalue weighted by atomic mass is 35.5. The molecule has 0 radical (unpaired) electrons. The summed E-state index contributed by atoms with van der Waals surface area (Å²) < 4.78 is 10.7. The number of hydrogen-bond acceptors (Lipinski definition) is 4. The van der Waals surface area contributed by atoms with Gasteiger partial charge in [0.25, 0.3) is 0 Å². The van der Waals surface area contributed by atoms with Gasteiger partial charge in [0.15, 0.2) is 0 Å². The molecule has 1 amide bonds. The summed E-state index contributed by atoms with van der Waals surface area (Å²) in [6, 6.07) is 17.3. The Bertz CT molecular complexity index is 1130. The van der Waals surface area contributed by atoms with Gasteiger partial charge in [0.1, 0.15) is 11.3 Å². The molecule has 0 atom stereocenters. The van der Waals surface area contributed by atoms with Crippen molar-refractivity contribution < 1.29 is 19.1 Å². The van der Waals surface area contributed by atoms with Crippen molar-refractivity contribution in [2.24, 2.45) is 0 Å². The summed E-state index contributed by atoms with van der Waals surface area (Å²) in [7, 11) is 1.35. The fraction of sp³-hybridized carbons (Fsp3) is 0.280. The summed E-state index contributed by atoms with van der Waals surface area (Å²) in [6.07, 6.45) is 1.52. The molecule has 0 saturated heterocycles. The van der Waals surface area contributed by atoms with Crippen LogP contribution >= 0.6 is 23.2 Å². The van der Waals surface area contributed by atoms with Crippen LogP contribution in [0.25, 0.3) is 10.8 Å². The Balaban J connectivity index is 1.39. The highest BCUT2D eigenvalue weighted by Crippen LogP contribution is 2.34. The van der Waals surface area contributed by atoms with Crippen LogP contribution in [-0.4, -0.2) is 31.1 Å². The number of carbonyl (C=O) groups excluding carboxylic acids is 2. The van der Waals surface area contributed by atoms with Gasteiger partial charge in [-0.1, -0.05) is 59.6 Å². The van der Waals surface area contributed by atoms with Gasteiger partial charge in [-0.3, -0.25) is 4.79 Å². The zero-order valence-electron chi connectivity index (χ0n) is 17.6. The minimum Gasteiger partial charge on any atom is -0.494 e. The van der Waals surface area contributed by atoms with Crippen molar-refractivity contribution in [3.05, 3.63) is 75.8 Å². The molecule has 1 N–H and O–H groups in total. The Hall–Kier alpha value is -2.76. The molecule has 0 unspecified atom stereocenters. The van der Waals surface area contributed by atoms with Crippen LogP contribution in [0.1, 0.15) is 24.0 Å². The minimum absolute atomic E-state index is 0.217. The summed E-state index contributed by atoms with van der Waals surface area (Å²) in [5.41, 5.74) is 1.02. The van der Waals surface area contributed by atoms with Crippen molar-refractivity contribution in [2.45, 2.75) is 31.2 Å². The molecule has 1 aliphatic carbocycles. The van der Waals surface area contributed by atoms with Crippen LogP contribution in [0.2, 0.25) is 10.0 Å². The van der Waals surface area contributed by atoms with E-state index >= 15 is 0 Å². The van der Waals surface area contributed by atoms with Crippen LogP contribution < -0.4 is 10.1 Å². The van der Waals surface area contributed by atoms with Crippen molar-refractivity contribution >= 4 is 45.9 Å². The molecule has 4 rings (SSSR count). The van der Waals surface area contributed by atoms with E-state index in [0.717, 1.165) is 21.9 Å². The molecule has 0 spiro atoms. The standard InChI is InChI=1S/C25H23Cl2NO4/c1-31-24(30)25(14-18-11-16-5-2-3-6-17(16)12-19(18)15-25)28-23(29)7-4-10-32-20-8-9-21(26)22(27)13-20/h2-3,5-6,8-9,11-13H,4,7,10,14-15H2,1H3,(H,28,29). The number of amides is 1. The quantitative estimate of drug-likeness (QED) is 0.383. The Morgan fingerprint density at radius 2 is 1.62 bits per heavy atom. The largest absolute Gasteiger partial charge is 0.494 e. The van der Waals surface area contributed by atoms with Crippen molar-refractivity contribution in [2.75, 3.05) is 13.7 Å². The van der Waals surface area contributed by atoms with Crippen LogP contribution in [0, 0.1) is 0 Å². The van der Waals surface area contributed by atoms with Gasteiger partial charge in [-0.25, -0.2) is 4.79 Å². The maximum absolute atomic E-state index is 12.7. The lowest BCUT2D eigenvalue weighted by Crippen LogP contribution is -2.56. The van der Waals surface area contributed by atoms with Gasteiger partial charge in [0, 0.05) is 25.3 Å². The van der Waals surface area contributed by atoms with E-state index in [2.05, 4.69) is 17.4 Å². The van der Waals surface area contributed by atoms with E-state index in [1.807, 2.05) is 24.3 Å². The van der Waals surface area contributed by atoms with Gasteiger partial charge in [-0.2, -0.15) is 0 Å². The number of benzene rings is 3. The molecule has 0 heterocycles. The molecule has 1 aliphatic rings. The van der Waals surface area contributed by atoms with Gasteiger partial charge in [0.2, 0.25) is 5.91 Å². The van der Waals surface area contributed by atoms with Crippen LogP contribution in [0.3, 0.4) is 0 Å². The van der Waals surface area contributed by atoms with Gasteiger partial charge >= 0.3 is 5.97 Å². The summed E-state index contributed by atoms with van der Waals surface area (Å²) in [6.45, 7) is 0.336. The van der Waals surface area contributed by atoms with E-state index in [-0.39, 0.29) is 12.3 Å². The number of hydrogen-bond donors (Lipinski definition) is 1. The average molecular weight is 472 g/mol. The number of methoxy groups -OCH3 is 1.